The van der Waals surface area contributed by atoms with Crippen LogP contribution in [0.25, 0.3) is 0 Å². The van der Waals surface area contributed by atoms with E-state index in [9.17, 15) is 0 Å². The number of hydrogen-bond acceptors (Lipinski definition) is 5. The number of rotatable bonds is 3. The molecule has 15 heavy (non-hydrogen) atoms. The van der Waals surface area contributed by atoms with Crippen molar-refractivity contribution in [1.82, 2.24) is 10.1 Å². The molecule has 2 N–H and O–H groups in total. The Labute approximate surface area is 91.9 Å². The first kappa shape index (κ1) is 10.0. The summed E-state index contributed by atoms with van der Waals surface area (Å²) >= 11 is 1.64. The topological polar surface area (TPSA) is 64.9 Å². The average Bonchev–Trinajstić information content (AvgIpc) is 2.73. The van der Waals surface area contributed by atoms with Gasteiger partial charge in [0.2, 0.25) is 5.89 Å². The lowest BCUT2D eigenvalue weighted by molar-refractivity contribution is 0.390. The SMILES string of the molecule is Cc1c(N)cccc1SCc1ncno1. The highest BCUT2D eigenvalue weighted by molar-refractivity contribution is 7.98. The van der Waals surface area contributed by atoms with Crippen molar-refractivity contribution in [3.8, 4) is 0 Å². The van der Waals surface area contributed by atoms with Crippen LogP contribution in [-0.2, 0) is 5.75 Å². The molecule has 5 heteroatoms. The molecule has 78 valence electrons. The smallest absolute Gasteiger partial charge is 0.236 e. The first-order chi connectivity index (χ1) is 7.27. The fourth-order valence-corrected chi connectivity index (χ4v) is 2.10. The van der Waals surface area contributed by atoms with Gasteiger partial charge < -0.3 is 10.3 Å². The first-order valence-corrected chi connectivity index (χ1v) is 5.49. The standard InChI is InChI=1S/C10H11N3OS/c1-7-8(11)3-2-4-9(7)15-5-10-12-6-13-14-10/h2-4,6H,5,11H2,1H3. The second kappa shape index (κ2) is 4.35. The van der Waals surface area contributed by atoms with Gasteiger partial charge in [-0.3, -0.25) is 0 Å². The Bertz CT molecular complexity index is 442. The number of aromatic nitrogens is 2. The van der Waals surface area contributed by atoms with Gasteiger partial charge in [0.15, 0.2) is 6.33 Å². The highest BCUT2D eigenvalue weighted by Gasteiger charge is 2.04. The van der Waals surface area contributed by atoms with E-state index in [2.05, 4.69) is 10.1 Å². The fourth-order valence-electron chi connectivity index (χ4n) is 1.19. The van der Waals surface area contributed by atoms with Crippen LogP contribution in [0.15, 0.2) is 33.9 Å². The second-order valence-electron chi connectivity index (χ2n) is 3.09. The molecule has 0 spiro atoms. The van der Waals surface area contributed by atoms with Crippen molar-refractivity contribution >= 4 is 17.4 Å². The molecular formula is C10H11N3OS. The van der Waals surface area contributed by atoms with Gasteiger partial charge in [0.25, 0.3) is 0 Å². The fraction of sp³-hybridized carbons (Fsp3) is 0.200. The number of benzene rings is 1. The number of nitrogens with zero attached hydrogens (tertiary/aromatic N) is 2. The summed E-state index contributed by atoms with van der Waals surface area (Å²) < 4.78 is 4.91. The highest BCUT2D eigenvalue weighted by Crippen LogP contribution is 2.28. The van der Waals surface area contributed by atoms with Crippen LogP contribution < -0.4 is 5.73 Å². The Hall–Kier alpha value is -1.49. The predicted octanol–water partition coefficient (Wildman–Crippen LogP) is 2.25. The summed E-state index contributed by atoms with van der Waals surface area (Å²) in [5.41, 5.74) is 7.71. The molecule has 2 rings (SSSR count). The van der Waals surface area contributed by atoms with Gasteiger partial charge in [-0.2, -0.15) is 4.98 Å². The third-order valence-electron chi connectivity index (χ3n) is 2.08. The molecule has 0 unspecified atom stereocenters. The molecule has 0 fully saturated rings. The van der Waals surface area contributed by atoms with Crippen LogP contribution in [0.5, 0.6) is 0 Å². The summed E-state index contributed by atoms with van der Waals surface area (Å²) in [4.78, 5) is 5.10. The zero-order chi connectivity index (χ0) is 10.7. The van der Waals surface area contributed by atoms with Crippen molar-refractivity contribution in [2.24, 2.45) is 0 Å². The molecular weight excluding hydrogens is 210 g/mol. The summed E-state index contributed by atoms with van der Waals surface area (Å²) in [5.74, 6) is 1.30. The molecule has 0 amide bonds. The summed E-state index contributed by atoms with van der Waals surface area (Å²) in [6.07, 6.45) is 1.40. The second-order valence-corrected chi connectivity index (χ2v) is 4.11. The van der Waals surface area contributed by atoms with Crippen molar-refractivity contribution in [2.75, 3.05) is 5.73 Å². The van der Waals surface area contributed by atoms with Gasteiger partial charge in [0, 0.05) is 10.6 Å². The van der Waals surface area contributed by atoms with Crippen molar-refractivity contribution < 1.29 is 4.52 Å². The van der Waals surface area contributed by atoms with E-state index in [4.69, 9.17) is 10.3 Å². The molecule has 0 saturated heterocycles. The highest BCUT2D eigenvalue weighted by atomic mass is 32.2. The summed E-state index contributed by atoms with van der Waals surface area (Å²) in [6.45, 7) is 2.01. The van der Waals surface area contributed by atoms with E-state index in [0.29, 0.717) is 11.6 Å². The van der Waals surface area contributed by atoms with E-state index in [1.165, 1.54) is 6.33 Å². The number of anilines is 1. The molecule has 4 nitrogen and oxygen atoms in total. The lowest BCUT2D eigenvalue weighted by Gasteiger charge is -2.05. The van der Waals surface area contributed by atoms with Crippen LogP contribution in [0.4, 0.5) is 5.69 Å². The molecule has 0 saturated carbocycles. The molecule has 0 atom stereocenters. The monoisotopic (exact) mass is 221 g/mol. The Morgan fingerprint density at radius 3 is 3.07 bits per heavy atom. The molecule has 1 heterocycles. The lowest BCUT2D eigenvalue weighted by atomic mass is 10.2. The van der Waals surface area contributed by atoms with E-state index in [0.717, 1.165) is 16.1 Å². The van der Waals surface area contributed by atoms with Crippen LogP contribution in [0.2, 0.25) is 0 Å². The van der Waals surface area contributed by atoms with Gasteiger partial charge in [0.1, 0.15) is 0 Å². The number of thioether (sulfide) groups is 1. The van der Waals surface area contributed by atoms with Crippen molar-refractivity contribution in [3.63, 3.8) is 0 Å². The Morgan fingerprint density at radius 2 is 2.33 bits per heavy atom. The maximum atomic E-state index is 5.80. The van der Waals surface area contributed by atoms with Crippen molar-refractivity contribution in [2.45, 2.75) is 17.6 Å². The molecule has 1 aromatic carbocycles. The van der Waals surface area contributed by atoms with E-state index in [1.54, 1.807) is 11.8 Å². The van der Waals surface area contributed by atoms with Crippen LogP contribution in [0.1, 0.15) is 11.5 Å². The maximum Gasteiger partial charge on any atom is 0.236 e. The minimum Gasteiger partial charge on any atom is -0.398 e. The normalized spacial score (nSPS) is 10.5. The zero-order valence-corrected chi connectivity index (χ0v) is 9.12. The number of hydrogen-bond donors (Lipinski definition) is 1. The van der Waals surface area contributed by atoms with Crippen LogP contribution in [0.3, 0.4) is 0 Å². The molecule has 1 aromatic heterocycles. The minimum absolute atomic E-state index is 0.627. The molecule has 0 bridgehead atoms. The zero-order valence-electron chi connectivity index (χ0n) is 8.30. The Kier molecular flexibility index (Phi) is 2.91. The van der Waals surface area contributed by atoms with E-state index < -0.39 is 0 Å². The summed E-state index contributed by atoms with van der Waals surface area (Å²) in [7, 11) is 0. The quantitative estimate of drug-likeness (QED) is 0.636. The Morgan fingerprint density at radius 1 is 1.47 bits per heavy atom. The number of nitrogen functional groups attached to an aromatic ring is 1. The van der Waals surface area contributed by atoms with Crippen LogP contribution in [-0.4, -0.2) is 10.1 Å². The molecule has 2 aromatic rings. The van der Waals surface area contributed by atoms with Crippen molar-refractivity contribution in [1.29, 1.82) is 0 Å². The van der Waals surface area contributed by atoms with E-state index in [-0.39, 0.29) is 0 Å². The third-order valence-corrected chi connectivity index (χ3v) is 3.23. The van der Waals surface area contributed by atoms with Gasteiger partial charge in [-0.25, -0.2) is 0 Å². The summed E-state index contributed by atoms with van der Waals surface area (Å²) in [5, 5.41) is 3.55. The van der Waals surface area contributed by atoms with E-state index >= 15 is 0 Å². The maximum absolute atomic E-state index is 5.80. The van der Waals surface area contributed by atoms with Crippen molar-refractivity contribution in [3.05, 3.63) is 36.0 Å². The summed E-state index contributed by atoms with van der Waals surface area (Å²) in [6, 6.07) is 5.87. The predicted molar refractivity (Wildman–Crippen MR) is 59.5 cm³/mol. The van der Waals surface area contributed by atoms with E-state index in [1.807, 2.05) is 25.1 Å². The van der Waals surface area contributed by atoms with Crippen LogP contribution in [0, 0.1) is 6.92 Å². The lowest BCUT2D eigenvalue weighted by Crippen LogP contribution is -1.91. The average molecular weight is 221 g/mol. The van der Waals surface area contributed by atoms with Crippen LogP contribution >= 0.6 is 11.8 Å². The number of nitrogens with two attached hydrogens (primary N) is 1. The van der Waals surface area contributed by atoms with Gasteiger partial charge in [0.05, 0.1) is 5.75 Å². The van der Waals surface area contributed by atoms with Gasteiger partial charge in [-0.15, -0.1) is 11.8 Å². The van der Waals surface area contributed by atoms with Gasteiger partial charge >= 0.3 is 0 Å². The molecule has 0 aliphatic rings. The van der Waals surface area contributed by atoms with Gasteiger partial charge in [-0.05, 0) is 24.6 Å². The molecule has 0 aliphatic carbocycles. The molecule has 0 aliphatic heterocycles. The Balaban J connectivity index is 2.08. The minimum atomic E-state index is 0.627. The third kappa shape index (κ3) is 2.30. The molecule has 0 radical (unpaired) electrons. The first-order valence-electron chi connectivity index (χ1n) is 4.51. The largest absolute Gasteiger partial charge is 0.398 e. The van der Waals surface area contributed by atoms with Gasteiger partial charge in [-0.1, -0.05) is 11.2 Å².